The number of carbonyl (C=O) groups is 1. The summed E-state index contributed by atoms with van der Waals surface area (Å²) in [6, 6.07) is 16.6. The minimum absolute atomic E-state index is 0. The molecule has 1 saturated heterocycles. The van der Waals surface area contributed by atoms with E-state index in [0.29, 0.717) is 12.5 Å². The van der Waals surface area contributed by atoms with Crippen molar-refractivity contribution in [3.63, 3.8) is 0 Å². The number of aryl methyl sites for hydroxylation is 1. The number of carbonyl (C=O) groups excluding carboxylic acids is 1. The summed E-state index contributed by atoms with van der Waals surface area (Å²) in [6.07, 6.45) is 2.28. The molecule has 0 saturated carbocycles. The average Bonchev–Trinajstić information content (AvgIpc) is 3.13. The molecular formula is C21H27ClN2OS. The molecule has 0 bridgehead atoms. The fourth-order valence-corrected chi connectivity index (χ4v) is 3.90. The first kappa shape index (κ1) is 20.8. The highest BCUT2D eigenvalue weighted by Crippen LogP contribution is 2.18. The van der Waals surface area contributed by atoms with E-state index in [1.54, 1.807) is 11.8 Å². The first-order valence-electron chi connectivity index (χ1n) is 8.98. The van der Waals surface area contributed by atoms with Crippen molar-refractivity contribution in [3.05, 3.63) is 65.2 Å². The third kappa shape index (κ3) is 6.35. The molecule has 1 atom stereocenters. The molecule has 140 valence electrons. The van der Waals surface area contributed by atoms with Gasteiger partial charge in [-0.05, 0) is 68.6 Å². The number of benzene rings is 2. The van der Waals surface area contributed by atoms with Gasteiger partial charge < -0.3 is 10.6 Å². The molecule has 0 spiro atoms. The van der Waals surface area contributed by atoms with E-state index in [1.807, 2.05) is 18.2 Å². The van der Waals surface area contributed by atoms with Crippen molar-refractivity contribution in [1.29, 1.82) is 0 Å². The van der Waals surface area contributed by atoms with Crippen LogP contribution in [0, 0.1) is 12.8 Å². The van der Waals surface area contributed by atoms with Gasteiger partial charge in [0.1, 0.15) is 0 Å². The summed E-state index contributed by atoms with van der Waals surface area (Å²) < 4.78 is 0. The van der Waals surface area contributed by atoms with Crippen molar-refractivity contribution in [2.45, 2.75) is 24.7 Å². The van der Waals surface area contributed by atoms with Crippen LogP contribution in [0.3, 0.4) is 0 Å². The van der Waals surface area contributed by atoms with Crippen molar-refractivity contribution in [2.75, 3.05) is 25.4 Å². The van der Waals surface area contributed by atoms with E-state index in [4.69, 9.17) is 0 Å². The van der Waals surface area contributed by atoms with Gasteiger partial charge in [0.15, 0.2) is 0 Å². The van der Waals surface area contributed by atoms with Gasteiger partial charge >= 0.3 is 0 Å². The molecule has 2 N–H and O–H groups in total. The zero-order valence-corrected chi connectivity index (χ0v) is 16.8. The molecule has 0 radical (unpaired) electrons. The van der Waals surface area contributed by atoms with Gasteiger partial charge in [0.05, 0.1) is 0 Å². The second kappa shape index (κ2) is 10.6. The Kier molecular flexibility index (Phi) is 8.49. The zero-order valence-electron chi connectivity index (χ0n) is 15.2. The predicted octanol–water partition coefficient (Wildman–Crippen LogP) is 4.09. The Hall–Kier alpha value is -1.49. The Morgan fingerprint density at radius 3 is 2.77 bits per heavy atom. The lowest BCUT2D eigenvalue weighted by molar-refractivity contribution is 0.0956. The Balaban J connectivity index is 0.00000243. The first-order chi connectivity index (χ1) is 12.2. The second-order valence-corrected chi connectivity index (χ2v) is 7.85. The highest BCUT2D eigenvalue weighted by atomic mass is 35.5. The maximum Gasteiger partial charge on any atom is 0.251 e. The molecule has 26 heavy (non-hydrogen) atoms. The molecule has 1 fully saturated rings. The third-order valence-electron chi connectivity index (χ3n) is 4.55. The number of hydrogen-bond donors (Lipinski definition) is 2. The quantitative estimate of drug-likeness (QED) is 0.552. The second-order valence-electron chi connectivity index (χ2n) is 6.68. The van der Waals surface area contributed by atoms with Crippen LogP contribution in [0.4, 0.5) is 0 Å². The van der Waals surface area contributed by atoms with E-state index < -0.39 is 0 Å². The Labute approximate surface area is 166 Å². The molecule has 5 heteroatoms. The van der Waals surface area contributed by atoms with Crippen LogP contribution in [0.5, 0.6) is 0 Å². The topological polar surface area (TPSA) is 41.1 Å². The summed E-state index contributed by atoms with van der Waals surface area (Å²) in [5.41, 5.74) is 3.30. The van der Waals surface area contributed by atoms with Crippen LogP contribution in [0.2, 0.25) is 0 Å². The fraction of sp³-hybridized carbons (Fsp3) is 0.381. The molecule has 2 aromatic rings. The molecule has 1 aliphatic heterocycles. The van der Waals surface area contributed by atoms with Crippen LogP contribution >= 0.6 is 24.2 Å². The Morgan fingerprint density at radius 1 is 1.23 bits per heavy atom. The smallest absolute Gasteiger partial charge is 0.251 e. The van der Waals surface area contributed by atoms with Gasteiger partial charge in [0.2, 0.25) is 0 Å². The minimum atomic E-state index is 0. The minimum Gasteiger partial charge on any atom is -0.351 e. The standard InChI is InChI=1S/C21H26N2OS.ClH/c1-16-5-7-20(8-6-16)25-12-11-23-21(24)19-4-2-3-17(14-19)13-18-9-10-22-15-18;/h2-8,14,18,22H,9-13,15H2,1H3,(H,23,24);1H. The Bertz CT molecular complexity index is 699. The van der Waals surface area contributed by atoms with Gasteiger partial charge in [0, 0.05) is 22.8 Å². The van der Waals surface area contributed by atoms with Gasteiger partial charge in [-0.1, -0.05) is 29.8 Å². The molecular weight excluding hydrogens is 364 g/mol. The van der Waals surface area contributed by atoms with E-state index in [2.05, 4.69) is 47.9 Å². The monoisotopic (exact) mass is 390 g/mol. The summed E-state index contributed by atoms with van der Waals surface area (Å²) >= 11 is 1.77. The van der Waals surface area contributed by atoms with Crippen LogP contribution in [0.25, 0.3) is 0 Å². The largest absolute Gasteiger partial charge is 0.351 e. The molecule has 1 unspecified atom stereocenters. The number of halogens is 1. The van der Waals surface area contributed by atoms with Crippen molar-refractivity contribution in [2.24, 2.45) is 5.92 Å². The number of nitrogens with one attached hydrogen (secondary N) is 2. The van der Waals surface area contributed by atoms with Crippen LogP contribution < -0.4 is 10.6 Å². The lowest BCUT2D eigenvalue weighted by Gasteiger charge is -2.10. The van der Waals surface area contributed by atoms with E-state index in [0.717, 1.165) is 30.8 Å². The van der Waals surface area contributed by atoms with Gasteiger partial charge in [-0.2, -0.15) is 0 Å². The summed E-state index contributed by atoms with van der Waals surface area (Å²) in [5.74, 6) is 1.60. The molecule has 0 aliphatic carbocycles. The lowest BCUT2D eigenvalue weighted by atomic mass is 9.97. The van der Waals surface area contributed by atoms with Gasteiger partial charge in [-0.15, -0.1) is 24.2 Å². The molecule has 1 heterocycles. The highest BCUT2D eigenvalue weighted by Gasteiger charge is 2.15. The van der Waals surface area contributed by atoms with E-state index in [9.17, 15) is 4.79 Å². The first-order valence-corrected chi connectivity index (χ1v) is 9.96. The molecule has 3 nitrogen and oxygen atoms in total. The summed E-state index contributed by atoms with van der Waals surface area (Å²) in [4.78, 5) is 13.6. The zero-order chi connectivity index (χ0) is 17.5. The SMILES string of the molecule is Cc1ccc(SCCNC(=O)c2cccc(CC3CCNC3)c2)cc1.Cl. The van der Waals surface area contributed by atoms with Crippen molar-refractivity contribution >= 4 is 30.1 Å². The van der Waals surface area contributed by atoms with Crippen LogP contribution in [0.15, 0.2) is 53.4 Å². The van der Waals surface area contributed by atoms with Gasteiger partial charge in [0.25, 0.3) is 5.91 Å². The fourth-order valence-electron chi connectivity index (χ4n) is 3.13. The van der Waals surface area contributed by atoms with E-state index in [-0.39, 0.29) is 18.3 Å². The molecule has 1 amide bonds. The van der Waals surface area contributed by atoms with E-state index in [1.165, 1.54) is 22.4 Å². The predicted molar refractivity (Wildman–Crippen MR) is 113 cm³/mol. The van der Waals surface area contributed by atoms with Crippen molar-refractivity contribution in [3.8, 4) is 0 Å². The van der Waals surface area contributed by atoms with Crippen molar-refractivity contribution in [1.82, 2.24) is 10.6 Å². The Morgan fingerprint density at radius 2 is 2.04 bits per heavy atom. The normalized spacial score (nSPS) is 16.1. The number of thioether (sulfide) groups is 1. The van der Waals surface area contributed by atoms with Gasteiger partial charge in [-0.3, -0.25) is 4.79 Å². The third-order valence-corrected chi connectivity index (χ3v) is 5.57. The van der Waals surface area contributed by atoms with Gasteiger partial charge in [-0.25, -0.2) is 0 Å². The van der Waals surface area contributed by atoms with Crippen molar-refractivity contribution < 1.29 is 4.79 Å². The average molecular weight is 391 g/mol. The van der Waals surface area contributed by atoms with Crippen LogP contribution in [0.1, 0.15) is 27.9 Å². The lowest BCUT2D eigenvalue weighted by Crippen LogP contribution is -2.25. The summed E-state index contributed by atoms with van der Waals surface area (Å²) in [6.45, 7) is 4.97. The maximum atomic E-state index is 12.4. The number of rotatable bonds is 7. The highest BCUT2D eigenvalue weighted by molar-refractivity contribution is 7.99. The van der Waals surface area contributed by atoms with E-state index >= 15 is 0 Å². The summed E-state index contributed by atoms with van der Waals surface area (Å²) in [5, 5.41) is 6.43. The summed E-state index contributed by atoms with van der Waals surface area (Å²) in [7, 11) is 0. The van der Waals surface area contributed by atoms with Crippen LogP contribution in [-0.2, 0) is 6.42 Å². The maximum absolute atomic E-state index is 12.4. The molecule has 1 aliphatic rings. The molecule has 3 rings (SSSR count). The van der Waals surface area contributed by atoms with Crippen LogP contribution in [-0.4, -0.2) is 31.3 Å². The number of amides is 1. The molecule has 2 aromatic carbocycles. The number of hydrogen-bond acceptors (Lipinski definition) is 3. The molecule has 0 aromatic heterocycles.